The molecular weight excluding hydrogens is 262 g/mol. The predicted molar refractivity (Wildman–Crippen MR) is 72.3 cm³/mol. The van der Waals surface area contributed by atoms with Gasteiger partial charge in [-0.3, -0.25) is 0 Å². The van der Waals surface area contributed by atoms with Gasteiger partial charge in [0, 0.05) is 13.1 Å². The molecule has 1 aromatic carbocycles. The van der Waals surface area contributed by atoms with Gasteiger partial charge in [0.2, 0.25) is 10.0 Å². The fourth-order valence-corrected chi connectivity index (χ4v) is 3.81. The minimum absolute atomic E-state index is 0.0925. The molecule has 4 nitrogen and oxygen atoms in total. The second-order valence-electron chi connectivity index (χ2n) is 5.70. The molecule has 3 rings (SSSR count). The highest BCUT2D eigenvalue weighted by atomic mass is 32.2. The van der Waals surface area contributed by atoms with E-state index in [-0.39, 0.29) is 10.6 Å². The van der Waals surface area contributed by atoms with Gasteiger partial charge >= 0.3 is 0 Å². The molecule has 0 unspecified atom stereocenters. The molecular formula is C14H19NO3S. The number of nitrogens with zero attached hydrogens (tertiary/aromatic N) is 1. The topological polar surface area (TPSA) is 57.6 Å². The van der Waals surface area contributed by atoms with Crippen LogP contribution in [-0.4, -0.2) is 30.9 Å². The Hall–Kier alpha value is -1.07. The summed E-state index contributed by atoms with van der Waals surface area (Å²) in [4.78, 5) is 0.284. The Morgan fingerprint density at radius 1 is 1.00 bits per heavy atom. The van der Waals surface area contributed by atoms with E-state index in [2.05, 4.69) is 0 Å². The number of hydrogen-bond donors (Lipinski definition) is 1. The number of aromatic hydroxyl groups is 1. The van der Waals surface area contributed by atoms with E-state index in [1.54, 1.807) is 4.31 Å². The molecule has 0 saturated heterocycles. The number of phenolic OH excluding ortho intramolecular Hbond substituents is 1. The predicted octanol–water partition coefficient (Wildman–Crippen LogP) is 2.20. The van der Waals surface area contributed by atoms with Gasteiger partial charge < -0.3 is 5.11 Å². The lowest BCUT2D eigenvalue weighted by Gasteiger charge is -2.22. The van der Waals surface area contributed by atoms with Crippen molar-refractivity contribution < 1.29 is 13.5 Å². The second-order valence-corrected chi connectivity index (χ2v) is 7.64. The first-order chi connectivity index (χ1) is 9.05. The molecule has 19 heavy (non-hydrogen) atoms. The fourth-order valence-electron chi connectivity index (χ4n) is 2.21. The first-order valence-corrected chi connectivity index (χ1v) is 8.29. The summed E-state index contributed by atoms with van der Waals surface area (Å²) >= 11 is 0. The van der Waals surface area contributed by atoms with Crippen molar-refractivity contribution in [2.75, 3.05) is 13.1 Å². The summed E-state index contributed by atoms with van der Waals surface area (Å²) < 4.78 is 26.9. The number of phenols is 1. The van der Waals surface area contributed by atoms with Gasteiger partial charge in [0.15, 0.2) is 0 Å². The maximum Gasteiger partial charge on any atom is 0.243 e. The smallest absolute Gasteiger partial charge is 0.243 e. The number of hydrogen-bond acceptors (Lipinski definition) is 3. The van der Waals surface area contributed by atoms with Crippen LogP contribution in [0.15, 0.2) is 29.2 Å². The van der Waals surface area contributed by atoms with Gasteiger partial charge in [-0.25, -0.2) is 8.42 Å². The van der Waals surface area contributed by atoms with Crippen molar-refractivity contribution in [2.45, 2.75) is 30.6 Å². The van der Waals surface area contributed by atoms with E-state index in [1.807, 2.05) is 0 Å². The Labute approximate surface area is 114 Å². The molecule has 0 bridgehead atoms. The normalized spacial score (nSPS) is 19.8. The highest BCUT2D eigenvalue weighted by Crippen LogP contribution is 2.36. The number of sulfonamides is 1. The molecule has 0 atom stereocenters. The molecule has 0 amide bonds. The molecule has 0 radical (unpaired) electrons. The Morgan fingerprint density at radius 2 is 1.47 bits per heavy atom. The quantitative estimate of drug-likeness (QED) is 0.869. The van der Waals surface area contributed by atoms with E-state index >= 15 is 0 Å². The van der Waals surface area contributed by atoms with E-state index < -0.39 is 10.0 Å². The van der Waals surface area contributed by atoms with Crippen LogP contribution in [0, 0.1) is 11.8 Å². The molecule has 2 aliphatic carbocycles. The zero-order valence-electron chi connectivity index (χ0n) is 10.8. The van der Waals surface area contributed by atoms with Crippen LogP contribution < -0.4 is 0 Å². The molecule has 0 spiro atoms. The van der Waals surface area contributed by atoms with Crippen molar-refractivity contribution in [3.8, 4) is 5.75 Å². The van der Waals surface area contributed by atoms with Crippen LogP contribution in [0.5, 0.6) is 5.75 Å². The van der Waals surface area contributed by atoms with Crippen LogP contribution in [0.3, 0.4) is 0 Å². The molecule has 5 heteroatoms. The summed E-state index contributed by atoms with van der Waals surface area (Å²) in [5, 5.41) is 9.26. The third kappa shape index (κ3) is 3.09. The van der Waals surface area contributed by atoms with Crippen LogP contribution in [0.1, 0.15) is 25.7 Å². The maximum atomic E-state index is 12.6. The first-order valence-electron chi connectivity index (χ1n) is 6.85. The molecule has 1 aromatic rings. The van der Waals surface area contributed by atoms with Crippen LogP contribution in [0.25, 0.3) is 0 Å². The molecule has 104 valence electrons. The zero-order valence-corrected chi connectivity index (χ0v) is 11.6. The van der Waals surface area contributed by atoms with E-state index in [1.165, 1.54) is 24.3 Å². The van der Waals surface area contributed by atoms with Gasteiger partial charge in [-0.2, -0.15) is 4.31 Å². The first kappa shape index (κ1) is 12.9. The highest BCUT2D eigenvalue weighted by Gasteiger charge is 2.35. The molecule has 2 aliphatic rings. The Kier molecular flexibility index (Phi) is 3.27. The average Bonchev–Trinajstić information content (AvgIpc) is 3.23. The van der Waals surface area contributed by atoms with Gasteiger partial charge in [-0.1, -0.05) is 0 Å². The molecule has 1 N–H and O–H groups in total. The van der Waals surface area contributed by atoms with Gasteiger partial charge in [-0.05, 0) is 61.8 Å². The minimum Gasteiger partial charge on any atom is -0.508 e. The number of rotatable bonds is 6. The molecule has 0 aliphatic heterocycles. The van der Waals surface area contributed by atoms with Crippen molar-refractivity contribution in [1.29, 1.82) is 0 Å². The summed E-state index contributed by atoms with van der Waals surface area (Å²) in [6, 6.07) is 5.83. The SMILES string of the molecule is O=S(=O)(c1ccc(O)cc1)N(CC1CC1)CC1CC1. The third-order valence-corrected chi connectivity index (χ3v) is 5.64. The molecule has 2 saturated carbocycles. The average molecular weight is 281 g/mol. The van der Waals surface area contributed by atoms with Crippen LogP contribution in [-0.2, 0) is 10.0 Å². The lowest BCUT2D eigenvalue weighted by Crippen LogP contribution is -2.34. The van der Waals surface area contributed by atoms with Crippen LogP contribution in [0.4, 0.5) is 0 Å². The summed E-state index contributed by atoms with van der Waals surface area (Å²) in [6.07, 6.45) is 4.58. The number of benzene rings is 1. The van der Waals surface area contributed by atoms with Crippen molar-refractivity contribution in [3.63, 3.8) is 0 Å². The van der Waals surface area contributed by atoms with E-state index in [9.17, 15) is 13.5 Å². The summed E-state index contributed by atoms with van der Waals surface area (Å²) in [5.74, 6) is 1.19. The fraction of sp³-hybridized carbons (Fsp3) is 0.571. The second kappa shape index (κ2) is 4.80. The summed E-state index contributed by atoms with van der Waals surface area (Å²) in [7, 11) is -3.41. The van der Waals surface area contributed by atoms with Gasteiger partial charge in [0.05, 0.1) is 4.90 Å². The molecule has 2 fully saturated rings. The lowest BCUT2D eigenvalue weighted by atomic mass is 10.3. The van der Waals surface area contributed by atoms with Crippen molar-refractivity contribution in [2.24, 2.45) is 11.8 Å². The highest BCUT2D eigenvalue weighted by molar-refractivity contribution is 7.89. The zero-order chi connectivity index (χ0) is 13.5. The molecule has 0 aromatic heterocycles. The summed E-state index contributed by atoms with van der Waals surface area (Å²) in [6.45, 7) is 1.30. The van der Waals surface area contributed by atoms with Crippen molar-refractivity contribution >= 4 is 10.0 Å². The van der Waals surface area contributed by atoms with Gasteiger partial charge in [0.1, 0.15) is 5.75 Å². The Bertz CT molecular complexity index is 531. The van der Waals surface area contributed by atoms with E-state index in [0.29, 0.717) is 24.9 Å². The lowest BCUT2D eigenvalue weighted by molar-refractivity contribution is 0.382. The Morgan fingerprint density at radius 3 is 1.89 bits per heavy atom. The summed E-state index contributed by atoms with van der Waals surface area (Å²) in [5.41, 5.74) is 0. The van der Waals surface area contributed by atoms with Crippen LogP contribution in [0.2, 0.25) is 0 Å². The van der Waals surface area contributed by atoms with Crippen LogP contribution >= 0.6 is 0 Å². The van der Waals surface area contributed by atoms with E-state index in [0.717, 1.165) is 25.7 Å². The molecule has 0 heterocycles. The van der Waals surface area contributed by atoms with Crippen molar-refractivity contribution in [1.82, 2.24) is 4.31 Å². The van der Waals surface area contributed by atoms with E-state index in [4.69, 9.17) is 0 Å². The van der Waals surface area contributed by atoms with Crippen molar-refractivity contribution in [3.05, 3.63) is 24.3 Å². The Balaban J connectivity index is 1.82. The van der Waals surface area contributed by atoms with Gasteiger partial charge in [-0.15, -0.1) is 0 Å². The third-order valence-electron chi connectivity index (χ3n) is 3.79. The largest absolute Gasteiger partial charge is 0.508 e. The standard InChI is InChI=1S/C14H19NO3S/c16-13-5-7-14(8-6-13)19(17,18)15(9-11-1-2-11)10-12-3-4-12/h5-8,11-12,16H,1-4,9-10H2. The monoisotopic (exact) mass is 281 g/mol. The van der Waals surface area contributed by atoms with Gasteiger partial charge in [0.25, 0.3) is 0 Å². The minimum atomic E-state index is -3.41. The maximum absolute atomic E-state index is 12.6.